The second-order valence-corrected chi connectivity index (χ2v) is 7.21. The number of hydrogen-bond donors (Lipinski definition) is 1. The summed E-state index contributed by atoms with van der Waals surface area (Å²) in [4.78, 5) is 36.3. The number of amides is 1. The van der Waals surface area contributed by atoms with Crippen molar-refractivity contribution < 1.29 is 19.1 Å². The van der Waals surface area contributed by atoms with Gasteiger partial charge in [-0.05, 0) is 38.0 Å². The molecule has 1 fully saturated rings. The Kier molecular flexibility index (Phi) is 7.98. The number of rotatable bonds is 8. The number of thioether (sulfide) groups is 1. The van der Waals surface area contributed by atoms with E-state index >= 15 is 0 Å². The SMILES string of the molecule is CCOC(=O)CC(=O)CSc1cccc(NC(=O)C2CCCCC2)c1. The smallest absolute Gasteiger partial charge is 0.313 e. The monoisotopic (exact) mass is 363 g/mol. The van der Waals surface area contributed by atoms with Crippen LogP contribution >= 0.6 is 11.8 Å². The number of benzene rings is 1. The minimum absolute atomic E-state index is 0.0836. The van der Waals surface area contributed by atoms with Crippen LogP contribution in [0.25, 0.3) is 0 Å². The number of carbonyl (C=O) groups is 3. The maximum absolute atomic E-state index is 12.3. The van der Waals surface area contributed by atoms with Crippen LogP contribution in [0.15, 0.2) is 29.2 Å². The highest BCUT2D eigenvalue weighted by Gasteiger charge is 2.21. The number of hydrogen-bond acceptors (Lipinski definition) is 5. The Labute approximate surface area is 152 Å². The van der Waals surface area contributed by atoms with Gasteiger partial charge in [0.25, 0.3) is 0 Å². The van der Waals surface area contributed by atoms with Crippen LogP contribution in [-0.4, -0.2) is 30.0 Å². The lowest BCUT2D eigenvalue weighted by Crippen LogP contribution is -2.24. The van der Waals surface area contributed by atoms with Crippen molar-refractivity contribution in [3.63, 3.8) is 0 Å². The molecule has 2 rings (SSSR count). The van der Waals surface area contributed by atoms with Crippen molar-refractivity contribution in [2.75, 3.05) is 17.7 Å². The topological polar surface area (TPSA) is 72.5 Å². The normalized spacial score (nSPS) is 14.8. The molecule has 0 radical (unpaired) electrons. The minimum atomic E-state index is -0.485. The molecule has 6 heteroatoms. The highest BCUT2D eigenvalue weighted by atomic mass is 32.2. The molecule has 1 N–H and O–H groups in total. The van der Waals surface area contributed by atoms with E-state index in [-0.39, 0.29) is 36.4 Å². The molecular formula is C19H25NO4S. The lowest BCUT2D eigenvalue weighted by molar-refractivity contribution is -0.145. The lowest BCUT2D eigenvalue weighted by atomic mass is 9.88. The van der Waals surface area contributed by atoms with E-state index < -0.39 is 5.97 Å². The van der Waals surface area contributed by atoms with Gasteiger partial charge >= 0.3 is 5.97 Å². The highest BCUT2D eigenvalue weighted by Crippen LogP contribution is 2.26. The van der Waals surface area contributed by atoms with Gasteiger partial charge < -0.3 is 10.1 Å². The lowest BCUT2D eigenvalue weighted by Gasteiger charge is -2.20. The average Bonchev–Trinajstić information content (AvgIpc) is 2.61. The molecule has 1 saturated carbocycles. The number of ether oxygens (including phenoxy) is 1. The van der Waals surface area contributed by atoms with E-state index in [0.29, 0.717) is 0 Å². The molecule has 0 heterocycles. The second-order valence-electron chi connectivity index (χ2n) is 6.16. The van der Waals surface area contributed by atoms with Crippen molar-refractivity contribution in [1.29, 1.82) is 0 Å². The van der Waals surface area contributed by atoms with Gasteiger partial charge in [-0.25, -0.2) is 0 Å². The van der Waals surface area contributed by atoms with Gasteiger partial charge in [-0.15, -0.1) is 11.8 Å². The van der Waals surface area contributed by atoms with Gasteiger partial charge in [0.15, 0.2) is 5.78 Å². The Bertz CT molecular complexity index is 611. The summed E-state index contributed by atoms with van der Waals surface area (Å²) in [6, 6.07) is 7.46. The molecule has 0 aromatic heterocycles. The quantitative estimate of drug-likeness (QED) is 0.432. The predicted molar refractivity (Wildman–Crippen MR) is 98.6 cm³/mol. The van der Waals surface area contributed by atoms with E-state index in [0.717, 1.165) is 36.3 Å². The zero-order chi connectivity index (χ0) is 18.1. The number of carbonyl (C=O) groups excluding carboxylic acids is 3. The summed E-state index contributed by atoms with van der Waals surface area (Å²) >= 11 is 1.36. The molecule has 136 valence electrons. The largest absolute Gasteiger partial charge is 0.466 e. The fraction of sp³-hybridized carbons (Fsp3) is 0.526. The van der Waals surface area contributed by atoms with E-state index in [9.17, 15) is 14.4 Å². The third-order valence-corrected chi connectivity index (χ3v) is 5.18. The first-order valence-electron chi connectivity index (χ1n) is 8.79. The van der Waals surface area contributed by atoms with Crippen molar-refractivity contribution in [2.24, 2.45) is 5.92 Å². The summed E-state index contributed by atoms with van der Waals surface area (Å²) in [7, 11) is 0. The minimum Gasteiger partial charge on any atom is -0.466 e. The first-order chi connectivity index (χ1) is 12.1. The van der Waals surface area contributed by atoms with E-state index in [1.807, 2.05) is 24.3 Å². The summed E-state index contributed by atoms with van der Waals surface area (Å²) in [6.07, 6.45) is 5.19. The van der Waals surface area contributed by atoms with E-state index in [2.05, 4.69) is 5.32 Å². The molecule has 1 amide bonds. The van der Waals surface area contributed by atoms with Gasteiger partial charge in [0, 0.05) is 16.5 Å². The van der Waals surface area contributed by atoms with Crippen molar-refractivity contribution in [3.8, 4) is 0 Å². The molecule has 5 nitrogen and oxygen atoms in total. The van der Waals surface area contributed by atoms with Crippen LogP contribution in [0, 0.1) is 5.92 Å². The van der Waals surface area contributed by atoms with Crippen molar-refractivity contribution in [2.45, 2.75) is 50.3 Å². The third kappa shape index (κ3) is 6.90. The molecule has 1 aromatic rings. The summed E-state index contributed by atoms with van der Waals surface area (Å²) in [5.74, 6) is -0.253. The van der Waals surface area contributed by atoms with Crippen LogP contribution in [0.4, 0.5) is 5.69 Å². The standard InChI is InChI=1S/C19H25NO4S/c1-2-24-18(22)12-16(21)13-25-17-10-6-9-15(11-17)20-19(23)14-7-4-3-5-8-14/h6,9-11,14H,2-5,7-8,12-13H2,1H3,(H,20,23). The number of Topliss-reactive ketones (excluding diaryl/α,β-unsaturated/α-hetero) is 1. The average molecular weight is 363 g/mol. The summed E-state index contributed by atoms with van der Waals surface area (Å²) in [5, 5.41) is 2.98. The summed E-state index contributed by atoms with van der Waals surface area (Å²) in [6.45, 7) is 1.99. The molecule has 0 unspecified atom stereocenters. The van der Waals surface area contributed by atoms with E-state index in [1.54, 1.807) is 6.92 Å². The Morgan fingerprint density at radius 2 is 1.96 bits per heavy atom. The number of esters is 1. The summed E-state index contributed by atoms with van der Waals surface area (Å²) in [5.41, 5.74) is 0.749. The molecule has 25 heavy (non-hydrogen) atoms. The second kappa shape index (κ2) is 10.2. The predicted octanol–water partition coefficient (Wildman–Crippen LogP) is 3.82. The Morgan fingerprint density at radius 1 is 1.20 bits per heavy atom. The fourth-order valence-corrected chi connectivity index (χ4v) is 3.68. The first kappa shape index (κ1) is 19.5. The zero-order valence-corrected chi connectivity index (χ0v) is 15.4. The Morgan fingerprint density at radius 3 is 2.68 bits per heavy atom. The molecule has 0 saturated heterocycles. The van der Waals surface area contributed by atoms with Crippen LogP contribution in [-0.2, 0) is 19.1 Å². The van der Waals surface area contributed by atoms with Crippen LogP contribution in [0.5, 0.6) is 0 Å². The van der Waals surface area contributed by atoms with E-state index in [4.69, 9.17) is 4.74 Å². The van der Waals surface area contributed by atoms with E-state index in [1.165, 1.54) is 18.2 Å². The Hall–Kier alpha value is -1.82. The third-order valence-electron chi connectivity index (χ3n) is 4.12. The summed E-state index contributed by atoms with van der Waals surface area (Å²) < 4.78 is 4.77. The first-order valence-corrected chi connectivity index (χ1v) is 9.78. The van der Waals surface area contributed by atoms with Crippen molar-refractivity contribution in [3.05, 3.63) is 24.3 Å². The van der Waals surface area contributed by atoms with Crippen molar-refractivity contribution >= 4 is 35.1 Å². The zero-order valence-electron chi connectivity index (χ0n) is 14.6. The highest BCUT2D eigenvalue weighted by molar-refractivity contribution is 8.00. The number of nitrogens with one attached hydrogen (secondary N) is 1. The maximum atomic E-state index is 12.3. The van der Waals surface area contributed by atoms with Crippen molar-refractivity contribution in [1.82, 2.24) is 0 Å². The van der Waals surface area contributed by atoms with Crippen LogP contribution in [0.3, 0.4) is 0 Å². The van der Waals surface area contributed by atoms with Gasteiger partial charge in [-0.3, -0.25) is 14.4 Å². The van der Waals surface area contributed by atoms with Gasteiger partial charge in [0.05, 0.1) is 12.4 Å². The molecule has 0 spiro atoms. The fourth-order valence-electron chi connectivity index (χ4n) is 2.86. The number of anilines is 1. The molecule has 0 bridgehead atoms. The van der Waals surface area contributed by atoms with Gasteiger partial charge in [-0.2, -0.15) is 0 Å². The van der Waals surface area contributed by atoms with Gasteiger partial charge in [0.2, 0.25) is 5.91 Å². The Balaban J connectivity index is 1.82. The van der Waals surface area contributed by atoms with Crippen LogP contribution in [0.1, 0.15) is 45.4 Å². The maximum Gasteiger partial charge on any atom is 0.313 e. The molecule has 1 aliphatic carbocycles. The molecule has 0 atom stereocenters. The van der Waals surface area contributed by atoms with Gasteiger partial charge in [0.1, 0.15) is 6.42 Å². The van der Waals surface area contributed by atoms with Gasteiger partial charge in [-0.1, -0.05) is 25.3 Å². The molecule has 1 aliphatic rings. The molecular weight excluding hydrogens is 338 g/mol. The molecule has 0 aliphatic heterocycles. The van der Waals surface area contributed by atoms with Crippen LogP contribution < -0.4 is 5.32 Å². The molecule has 1 aromatic carbocycles. The van der Waals surface area contributed by atoms with Crippen LogP contribution in [0.2, 0.25) is 0 Å². The number of ketones is 1.